The number of carbonyl (C=O) groups is 2. The molecular weight excluding hydrogens is 380 g/mol. The Morgan fingerprint density at radius 2 is 1.93 bits per heavy atom. The van der Waals surface area contributed by atoms with Crippen LogP contribution in [0.15, 0.2) is 52.8 Å². The molecule has 4 rings (SSSR count). The molecule has 1 aromatic heterocycles. The van der Waals surface area contributed by atoms with Gasteiger partial charge in [-0.2, -0.15) is 0 Å². The van der Waals surface area contributed by atoms with Crippen molar-refractivity contribution in [3.05, 3.63) is 64.7 Å². The Morgan fingerprint density at radius 3 is 2.61 bits per heavy atom. The molecule has 28 heavy (non-hydrogen) atoms. The van der Waals surface area contributed by atoms with Crippen molar-refractivity contribution in [1.29, 1.82) is 0 Å². The Balaban J connectivity index is 1.74. The summed E-state index contributed by atoms with van der Waals surface area (Å²) in [5, 5.41) is 10.1. The lowest BCUT2D eigenvalue weighted by Gasteiger charge is -2.34. The number of aliphatic hydroxyl groups is 1. The summed E-state index contributed by atoms with van der Waals surface area (Å²) < 4.78 is 5.34. The van der Waals surface area contributed by atoms with E-state index in [1.807, 2.05) is 4.90 Å². The first-order chi connectivity index (χ1) is 13.6. The average Bonchev–Trinajstić information content (AvgIpc) is 3.31. The van der Waals surface area contributed by atoms with Gasteiger partial charge in [0.1, 0.15) is 11.5 Å². The maximum absolute atomic E-state index is 13.3. The largest absolute Gasteiger partial charge is 0.467 e. The van der Waals surface area contributed by atoms with Crippen LogP contribution in [-0.2, 0) is 16.1 Å². The van der Waals surface area contributed by atoms with E-state index in [0.717, 1.165) is 12.8 Å². The minimum atomic E-state index is -0.343. The number of hydrogen-bond acceptors (Lipinski definition) is 5. The van der Waals surface area contributed by atoms with Crippen LogP contribution in [0.3, 0.4) is 0 Å². The molecule has 0 bridgehead atoms. The van der Waals surface area contributed by atoms with Crippen molar-refractivity contribution in [2.45, 2.75) is 19.4 Å². The summed E-state index contributed by atoms with van der Waals surface area (Å²) in [5.41, 5.74) is 1.44. The zero-order chi connectivity index (χ0) is 19.7. The molecule has 2 amide bonds. The number of imide groups is 1. The molecular formula is C21H21ClN2O4. The average molecular weight is 401 g/mol. The van der Waals surface area contributed by atoms with E-state index < -0.39 is 0 Å². The fourth-order valence-corrected chi connectivity index (χ4v) is 3.98. The summed E-state index contributed by atoms with van der Waals surface area (Å²) in [5.74, 6) is -0.0326. The third-order valence-electron chi connectivity index (χ3n) is 5.26. The molecule has 1 aromatic carbocycles. The summed E-state index contributed by atoms with van der Waals surface area (Å²) in [6, 6.07) is 10.4. The van der Waals surface area contributed by atoms with Crippen molar-refractivity contribution in [3.63, 3.8) is 0 Å². The highest BCUT2D eigenvalue weighted by atomic mass is 35.5. The highest BCUT2D eigenvalue weighted by molar-refractivity contribution is 6.35. The zero-order valence-electron chi connectivity index (χ0n) is 15.3. The number of aliphatic hydroxyl groups excluding tert-OH is 1. The monoisotopic (exact) mass is 400 g/mol. The molecule has 0 spiro atoms. The third kappa shape index (κ3) is 3.45. The van der Waals surface area contributed by atoms with Gasteiger partial charge in [0.05, 0.1) is 18.4 Å². The van der Waals surface area contributed by atoms with Crippen LogP contribution in [0.1, 0.15) is 24.2 Å². The van der Waals surface area contributed by atoms with E-state index in [0.29, 0.717) is 40.7 Å². The van der Waals surface area contributed by atoms with E-state index in [1.165, 1.54) is 11.2 Å². The number of benzene rings is 1. The van der Waals surface area contributed by atoms with Crippen LogP contribution in [0.25, 0.3) is 5.57 Å². The summed E-state index contributed by atoms with van der Waals surface area (Å²) in [4.78, 5) is 29.7. The Kier molecular flexibility index (Phi) is 5.24. The van der Waals surface area contributed by atoms with E-state index in [9.17, 15) is 14.7 Å². The van der Waals surface area contributed by atoms with E-state index >= 15 is 0 Å². The van der Waals surface area contributed by atoms with E-state index in [1.54, 1.807) is 36.4 Å². The van der Waals surface area contributed by atoms with Gasteiger partial charge in [-0.25, -0.2) is 0 Å². The minimum absolute atomic E-state index is 0.0678. The highest BCUT2D eigenvalue weighted by Gasteiger charge is 2.42. The van der Waals surface area contributed by atoms with Gasteiger partial charge in [-0.1, -0.05) is 23.7 Å². The Bertz CT molecular complexity index is 905. The van der Waals surface area contributed by atoms with Crippen LogP contribution in [-0.4, -0.2) is 46.4 Å². The first-order valence-electron chi connectivity index (χ1n) is 9.33. The molecule has 6 nitrogen and oxygen atoms in total. The normalized spacial score (nSPS) is 20.4. The topological polar surface area (TPSA) is 74.0 Å². The molecule has 2 aliphatic heterocycles. The number of rotatable bonds is 5. The maximum atomic E-state index is 13.3. The Labute approximate surface area is 168 Å². The van der Waals surface area contributed by atoms with Gasteiger partial charge < -0.3 is 14.4 Å². The summed E-state index contributed by atoms with van der Waals surface area (Å²) in [6.45, 7) is 1.38. The van der Waals surface area contributed by atoms with Gasteiger partial charge in [-0.15, -0.1) is 0 Å². The van der Waals surface area contributed by atoms with Gasteiger partial charge >= 0.3 is 0 Å². The molecule has 1 atom stereocenters. The smallest absolute Gasteiger partial charge is 0.278 e. The molecule has 0 saturated carbocycles. The van der Waals surface area contributed by atoms with Gasteiger partial charge in [-0.05, 0) is 48.6 Å². The number of halogens is 1. The minimum Gasteiger partial charge on any atom is -0.467 e. The van der Waals surface area contributed by atoms with Crippen molar-refractivity contribution in [2.75, 3.05) is 19.7 Å². The van der Waals surface area contributed by atoms with Gasteiger partial charge in [0, 0.05) is 24.7 Å². The molecule has 2 aliphatic rings. The highest BCUT2D eigenvalue weighted by Crippen LogP contribution is 2.35. The van der Waals surface area contributed by atoms with Gasteiger partial charge in [0.15, 0.2) is 0 Å². The number of carbonyl (C=O) groups excluding carboxylic acids is 2. The molecule has 1 unspecified atom stereocenters. The standard InChI is InChI=1S/C21H21ClN2O4/c22-16-7-5-15(6-8-16)18-19(23-9-1-3-14(11-23)13-25)21(27)24(20(18)26)12-17-4-2-10-28-17/h2,4-8,10,14,25H,1,3,9,11-13H2. The van der Waals surface area contributed by atoms with Crippen LogP contribution in [0.4, 0.5) is 0 Å². The van der Waals surface area contributed by atoms with Crippen molar-refractivity contribution < 1.29 is 19.1 Å². The molecule has 1 N–H and O–H groups in total. The van der Waals surface area contributed by atoms with E-state index in [2.05, 4.69) is 0 Å². The number of likely N-dealkylation sites (tertiary alicyclic amines) is 1. The van der Waals surface area contributed by atoms with Crippen LogP contribution < -0.4 is 0 Å². The summed E-state index contributed by atoms with van der Waals surface area (Å²) in [7, 11) is 0. The van der Waals surface area contributed by atoms with Gasteiger partial charge in [0.25, 0.3) is 11.8 Å². The molecule has 1 fully saturated rings. The molecule has 0 aliphatic carbocycles. The molecule has 1 saturated heterocycles. The third-order valence-corrected chi connectivity index (χ3v) is 5.52. The van der Waals surface area contributed by atoms with Crippen LogP contribution in [0.2, 0.25) is 5.02 Å². The predicted octanol–water partition coefficient (Wildman–Crippen LogP) is 2.92. The van der Waals surface area contributed by atoms with Gasteiger partial charge in [0.2, 0.25) is 0 Å². The lowest BCUT2D eigenvalue weighted by atomic mass is 9.97. The summed E-state index contributed by atoms with van der Waals surface area (Å²) >= 11 is 6.00. The second kappa shape index (κ2) is 7.81. The Morgan fingerprint density at radius 1 is 1.14 bits per heavy atom. The molecule has 146 valence electrons. The van der Waals surface area contributed by atoms with E-state index in [-0.39, 0.29) is 30.9 Å². The van der Waals surface area contributed by atoms with Crippen molar-refractivity contribution in [1.82, 2.24) is 9.80 Å². The van der Waals surface area contributed by atoms with Crippen LogP contribution in [0, 0.1) is 5.92 Å². The van der Waals surface area contributed by atoms with Crippen molar-refractivity contribution >= 4 is 29.0 Å². The Hall–Kier alpha value is -2.57. The van der Waals surface area contributed by atoms with Crippen LogP contribution >= 0.6 is 11.6 Å². The predicted molar refractivity (Wildman–Crippen MR) is 104 cm³/mol. The fourth-order valence-electron chi connectivity index (χ4n) is 3.85. The second-order valence-corrected chi connectivity index (χ2v) is 7.58. The molecule has 7 heteroatoms. The number of amides is 2. The molecule has 0 radical (unpaired) electrons. The van der Waals surface area contributed by atoms with Crippen molar-refractivity contribution in [2.24, 2.45) is 5.92 Å². The first kappa shape index (κ1) is 18.8. The second-order valence-electron chi connectivity index (χ2n) is 7.14. The van der Waals surface area contributed by atoms with Gasteiger partial charge in [-0.3, -0.25) is 14.5 Å². The molecule has 3 heterocycles. The van der Waals surface area contributed by atoms with Crippen molar-refractivity contribution in [3.8, 4) is 0 Å². The maximum Gasteiger partial charge on any atom is 0.278 e. The summed E-state index contributed by atoms with van der Waals surface area (Å²) in [6.07, 6.45) is 3.29. The number of piperidine rings is 1. The number of hydrogen-bond donors (Lipinski definition) is 1. The van der Waals surface area contributed by atoms with E-state index in [4.69, 9.17) is 16.0 Å². The lowest BCUT2D eigenvalue weighted by molar-refractivity contribution is -0.138. The zero-order valence-corrected chi connectivity index (χ0v) is 16.1. The quantitative estimate of drug-likeness (QED) is 0.781. The molecule has 2 aromatic rings. The van der Waals surface area contributed by atoms with Crippen LogP contribution in [0.5, 0.6) is 0 Å². The fraction of sp³-hybridized carbons (Fsp3) is 0.333. The number of furan rings is 1. The SMILES string of the molecule is O=C1C(c2ccc(Cl)cc2)=C(N2CCCC(CO)C2)C(=O)N1Cc1ccco1. The first-order valence-corrected chi connectivity index (χ1v) is 9.71. The number of nitrogens with zero attached hydrogens (tertiary/aromatic N) is 2. The lowest BCUT2D eigenvalue weighted by Crippen LogP contribution is -2.40.